The molecule has 1 amide bonds. The number of aromatic hydroxyl groups is 1. The number of amides is 1. The van der Waals surface area contributed by atoms with Crippen molar-refractivity contribution in [3.63, 3.8) is 0 Å². The number of aromatic amines is 1. The molecule has 0 fully saturated rings. The first-order chi connectivity index (χ1) is 12.9. The quantitative estimate of drug-likeness (QED) is 0.681. The number of carbonyl (C=O) groups excluding carboxylic acids is 1. The predicted molar refractivity (Wildman–Crippen MR) is 106 cm³/mol. The third-order valence-electron chi connectivity index (χ3n) is 4.06. The van der Waals surface area contributed by atoms with Crippen molar-refractivity contribution in [2.24, 2.45) is 0 Å². The zero-order valence-electron chi connectivity index (χ0n) is 14.3. The number of hydrogen-bond donors (Lipinski definition) is 2. The molecule has 2 N–H and O–H groups in total. The summed E-state index contributed by atoms with van der Waals surface area (Å²) in [6.07, 6.45) is 2.27. The van der Waals surface area contributed by atoms with Gasteiger partial charge in [-0.2, -0.15) is 0 Å². The Morgan fingerprint density at radius 2 is 1.85 bits per heavy atom. The highest BCUT2D eigenvalue weighted by atomic mass is 35.5. The molecule has 27 heavy (non-hydrogen) atoms. The minimum absolute atomic E-state index is 0.167. The van der Waals surface area contributed by atoms with Crippen molar-refractivity contribution in [2.45, 2.75) is 0 Å². The van der Waals surface area contributed by atoms with E-state index in [9.17, 15) is 19.5 Å². The van der Waals surface area contributed by atoms with Crippen LogP contribution in [0.3, 0.4) is 0 Å². The smallest absolute Gasteiger partial charge is 0.291 e. The number of fused-ring (bicyclic) bond motifs is 1. The summed E-state index contributed by atoms with van der Waals surface area (Å²) < 4.78 is 0. The Morgan fingerprint density at radius 1 is 1.15 bits per heavy atom. The lowest BCUT2D eigenvalue weighted by Gasteiger charge is -2.14. The van der Waals surface area contributed by atoms with E-state index in [4.69, 9.17) is 11.6 Å². The molecule has 6 nitrogen and oxygen atoms in total. The van der Waals surface area contributed by atoms with Crippen LogP contribution in [0.25, 0.3) is 17.0 Å². The normalized spacial score (nSPS) is 11.0. The van der Waals surface area contributed by atoms with Crippen molar-refractivity contribution in [3.05, 3.63) is 85.8 Å². The molecule has 3 rings (SSSR count). The largest absolute Gasteiger partial charge is 0.503 e. The van der Waals surface area contributed by atoms with E-state index in [1.807, 2.05) is 6.07 Å². The summed E-state index contributed by atoms with van der Waals surface area (Å²) in [5.41, 5.74) is -0.865. The van der Waals surface area contributed by atoms with Gasteiger partial charge in [0.2, 0.25) is 0 Å². The Labute approximate surface area is 159 Å². The molecule has 0 radical (unpaired) electrons. The van der Waals surface area contributed by atoms with Crippen LogP contribution in [0.4, 0.5) is 5.69 Å². The molecule has 1 heterocycles. The second-order valence-corrected chi connectivity index (χ2v) is 6.24. The van der Waals surface area contributed by atoms with Gasteiger partial charge in [0, 0.05) is 29.2 Å². The minimum atomic E-state index is -0.854. The zero-order chi connectivity index (χ0) is 19.6. The number of para-hydroxylation sites is 1. The van der Waals surface area contributed by atoms with Crippen LogP contribution in [-0.4, -0.2) is 23.0 Å². The Balaban J connectivity index is 2.08. The van der Waals surface area contributed by atoms with Gasteiger partial charge in [0.05, 0.1) is 11.1 Å². The summed E-state index contributed by atoms with van der Waals surface area (Å²) in [5, 5.41) is 10.6. The van der Waals surface area contributed by atoms with Gasteiger partial charge in [-0.15, -0.1) is 0 Å². The summed E-state index contributed by atoms with van der Waals surface area (Å²) in [4.78, 5) is 41.0. The van der Waals surface area contributed by atoms with Crippen LogP contribution in [-0.2, 0) is 4.79 Å². The van der Waals surface area contributed by atoms with Crippen LogP contribution in [0.2, 0.25) is 5.02 Å². The van der Waals surface area contributed by atoms with Crippen LogP contribution in [0.1, 0.15) is 5.56 Å². The highest BCUT2D eigenvalue weighted by molar-refractivity contribution is 6.31. The van der Waals surface area contributed by atoms with Crippen molar-refractivity contribution in [3.8, 4) is 5.75 Å². The van der Waals surface area contributed by atoms with E-state index >= 15 is 0 Å². The van der Waals surface area contributed by atoms with Gasteiger partial charge < -0.3 is 15.0 Å². The fourth-order valence-electron chi connectivity index (χ4n) is 2.57. The molecule has 2 aromatic carbocycles. The topological polar surface area (TPSA) is 90.5 Å². The van der Waals surface area contributed by atoms with E-state index in [1.165, 1.54) is 23.1 Å². The second-order valence-electron chi connectivity index (χ2n) is 5.80. The van der Waals surface area contributed by atoms with Crippen molar-refractivity contribution in [1.29, 1.82) is 0 Å². The highest BCUT2D eigenvalue weighted by Crippen LogP contribution is 2.17. The van der Waals surface area contributed by atoms with Gasteiger partial charge >= 0.3 is 0 Å². The van der Waals surface area contributed by atoms with E-state index < -0.39 is 22.6 Å². The van der Waals surface area contributed by atoms with Gasteiger partial charge in [-0.1, -0.05) is 29.8 Å². The van der Waals surface area contributed by atoms with E-state index in [0.717, 1.165) is 12.2 Å². The maximum Gasteiger partial charge on any atom is 0.291 e. The molecule has 136 valence electrons. The monoisotopic (exact) mass is 382 g/mol. The van der Waals surface area contributed by atoms with Crippen LogP contribution in [0.5, 0.6) is 5.75 Å². The Kier molecular flexibility index (Phi) is 5.09. The molecule has 7 heteroatoms. The predicted octanol–water partition coefficient (Wildman–Crippen LogP) is 2.92. The van der Waals surface area contributed by atoms with E-state index in [-0.39, 0.29) is 16.5 Å². The van der Waals surface area contributed by atoms with Crippen LogP contribution < -0.4 is 15.9 Å². The number of rotatable bonds is 3. The first-order valence-corrected chi connectivity index (χ1v) is 8.36. The van der Waals surface area contributed by atoms with Gasteiger partial charge in [0.1, 0.15) is 0 Å². The number of hydrogen-bond acceptors (Lipinski definition) is 4. The lowest BCUT2D eigenvalue weighted by molar-refractivity contribution is -0.113. The fourth-order valence-corrected chi connectivity index (χ4v) is 2.75. The SMILES string of the molecule is CN(C(=O)C=Cc1c(O)c(=O)[nH]c2cc(Cl)ccc2c1=O)c1ccccc1. The summed E-state index contributed by atoms with van der Waals surface area (Å²) in [6.45, 7) is 0. The third-order valence-corrected chi connectivity index (χ3v) is 4.29. The van der Waals surface area contributed by atoms with Crippen molar-refractivity contribution in [2.75, 3.05) is 11.9 Å². The maximum atomic E-state index is 12.7. The first-order valence-electron chi connectivity index (χ1n) is 7.98. The van der Waals surface area contributed by atoms with Crippen LogP contribution >= 0.6 is 11.6 Å². The summed E-state index contributed by atoms with van der Waals surface area (Å²) in [7, 11) is 1.58. The molecule has 3 aromatic rings. The lowest BCUT2D eigenvalue weighted by atomic mass is 10.1. The summed E-state index contributed by atoms with van der Waals surface area (Å²) in [5.74, 6) is -1.19. The molecule has 0 saturated heterocycles. The number of nitrogens with one attached hydrogen (secondary N) is 1. The minimum Gasteiger partial charge on any atom is -0.503 e. The summed E-state index contributed by atoms with van der Waals surface area (Å²) >= 11 is 5.89. The molecule has 0 atom stereocenters. The van der Waals surface area contributed by atoms with Gasteiger partial charge in [0.25, 0.3) is 11.5 Å². The molecule has 0 spiro atoms. The van der Waals surface area contributed by atoms with Gasteiger partial charge in [0.15, 0.2) is 11.2 Å². The lowest BCUT2D eigenvalue weighted by Crippen LogP contribution is -2.23. The van der Waals surface area contributed by atoms with Crippen LogP contribution in [0.15, 0.2) is 64.2 Å². The average molecular weight is 383 g/mol. The van der Waals surface area contributed by atoms with Gasteiger partial charge in [-0.3, -0.25) is 14.4 Å². The molecule has 1 aromatic heterocycles. The van der Waals surface area contributed by atoms with Crippen molar-refractivity contribution < 1.29 is 9.90 Å². The number of likely N-dealkylation sites (N-methyl/N-ethyl adjacent to an activating group) is 1. The second kappa shape index (κ2) is 7.47. The molecule has 0 bridgehead atoms. The molecule has 0 aliphatic rings. The summed E-state index contributed by atoms with van der Waals surface area (Å²) in [6, 6.07) is 13.3. The molecule has 0 saturated carbocycles. The number of anilines is 1. The Morgan fingerprint density at radius 3 is 2.56 bits per heavy atom. The fraction of sp³-hybridized carbons (Fsp3) is 0.0500. The first kappa shape index (κ1) is 18.4. The number of carbonyl (C=O) groups is 1. The molecular weight excluding hydrogens is 368 g/mol. The van der Waals surface area contributed by atoms with Gasteiger partial charge in [-0.25, -0.2) is 0 Å². The third kappa shape index (κ3) is 3.75. The van der Waals surface area contributed by atoms with Gasteiger partial charge in [-0.05, 0) is 36.4 Å². The molecule has 0 aliphatic carbocycles. The number of nitrogens with zero attached hydrogens (tertiary/aromatic N) is 1. The molecule has 0 aliphatic heterocycles. The standard InChI is InChI=1S/C20H15ClN2O4/c1-23(13-5-3-2-4-6-13)17(24)10-9-15-18(25)14-8-7-12(21)11-16(14)22-20(27)19(15)26/h2-11,26H,1H3,(H,22,27). The molecular formula is C20H15ClN2O4. The van der Waals surface area contributed by atoms with E-state index in [2.05, 4.69) is 4.98 Å². The van der Waals surface area contributed by atoms with E-state index in [0.29, 0.717) is 10.7 Å². The van der Waals surface area contributed by atoms with Crippen molar-refractivity contribution >= 4 is 40.2 Å². The number of H-pyrrole nitrogens is 1. The average Bonchev–Trinajstić information content (AvgIpc) is 2.75. The van der Waals surface area contributed by atoms with E-state index in [1.54, 1.807) is 31.3 Å². The number of halogens is 1. The Bertz CT molecular complexity index is 1170. The number of aromatic nitrogens is 1. The molecule has 0 unspecified atom stereocenters. The Hall–Kier alpha value is -3.38. The maximum absolute atomic E-state index is 12.7. The van der Waals surface area contributed by atoms with Crippen LogP contribution in [0, 0.1) is 0 Å². The highest BCUT2D eigenvalue weighted by Gasteiger charge is 2.12. The zero-order valence-corrected chi connectivity index (χ0v) is 15.0. The number of benzene rings is 2. The van der Waals surface area contributed by atoms with Crippen molar-refractivity contribution in [1.82, 2.24) is 4.98 Å².